The van der Waals surface area contributed by atoms with Gasteiger partial charge in [-0.25, -0.2) is 0 Å². The summed E-state index contributed by atoms with van der Waals surface area (Å²) in [5.74, 6) is 0.405. The highest BCUT2D eigenvalue weighted by Gasteiger charge is 2.44. The van der Waals surface area contributed by atoms with Crippen LogP contribution in [0.3, 0.4) is 0 Å². The maximum atomic E-state index is 11.4. The van der Waals surface area contributed by atoms with Crippen molar-refractivity contribution in [3.05, 3.63) is 44.3 Å². The van der Waals surface area contributed by atoms with Crippen LogP contribution >= 0.6 is 15.9 Å². The van der Waals surface area contributed by atoms with Gasteiger partial charge < -0.3 is 18.9 Å². The Morgan fingerprint density at radius 2 is 2.26 bits per heavy atom. The molecule has 0 aromatic heterocycles. The summed E-state index contributed by atoms with van der Waals surface area (Å²) >= 11 is 3.24. The Hall–Kier alpha value is -1.91. The molecule has 1 aromatic rings. The van der Waals surface area contributed by atoms with Gasteiger partial charge >= 0.3 is 0 Å². The van der Waals surface area contributed by atoms with Gasteiger partial charge in [0.05, 0.1) is 41.9 Å². The van der Waals surface area contributed by atoms with Crippen molar-refractivity contribution in [1.82, 2.24) is 0 Å². The topological polar surface area (TPSA) is 129 Å². The molecule has 0 spiro atoms. The van der Waals surface area contributed by atoms with E-state index in [0.29, 0.717) is 29.7 Å². The van der Waals surface area contributed by atoms with Crippen molar-refractivity contribution in [3.8, 4) is 5.75 Å². The number of nitrogens with zero attached hydrogens (tertiary/aromatic N) is 4. The Labute approximate surface area is 164 Å². The normalized spacial score (nSPS) is 24.4. The highest BCUT2D eigenvalue weighted by molar-refractivity contribution is 9.09. The van der Waals surface area contributed by atoms with Crippen molar-refractivity contribution in [2.75, 3.05) is 19.0 Å². The van der Waals surface area contributed by atoms with Crippen LogP contribution in [-0.4, -0.2) is 48.5 Å². The first kappa shape index (κ1) is 21.4. The zero-order valence-electron chi connectivity index (χ0n) is 15.0. The van der Waals surface area contributed by atoms with E-state index in [2.05, 4.69) is 26.0 Å². The molecule has 1 aromatic carbocycles. The van der Waals surface area contributed by atoms with Gasteiger partial charge in [0.1, 0.15) is 11.9 Å². The van der Waals surface area contributed by atoms with Crippen molar-refractivity contribution in [3.63, 3.8) is 0 Å². The minimum atomic E-state index is -0.717. The fourth-order valence-electron chi connectivity index (χ4n) is 2.87. The Morgan fingerprint density at radius 3 is 2.85 bits per heavy atom. The molecule has 10 nitrogen and oxygen atoms in total. The van der Waals surface area contributed by atoms with E-state index in [1.54, 1.807) is 12.1 Å². The summed E-state index contributed by atoms with van der Waals surface area (Å²) in [6.45, 7) is 2.24. The summed E-state index contributed by atoms with van der Waals surface area (Å²) < 4.78 is 22.2. The number of halogens is 1. The lowest BCUT2D eigenvalue weighted by Gasteiger charge is -2.20. The van der Waals surface area contributed by atoms with E-state index >= 15 is 0 Å². The van der Waals surface area contributed by atoms with Gasteiger partial charge in [-0.15, -0.1) is 0 Å². The molecule has 0 saturated carbocycles. The van der Waals surface area contributed by atoms with Crippen molar-refractivity contribution in [2.45, 2.75) is 44.5 Å². The highest BCUT2D eigenvalue weighted by Crippen LogP contribution is 2.31. The van der Waals surface area contributed by atoms with Gasteiger partial charge in [-0.3, -0.25) is 10.1 Å². The molecule has 148 valence electrons. The van der Waals surface area contributed by atoms with E-state index < -0.39 is 23.4 Å². The number of azide groups is 1. The summed E-state index contributed by atoms with van der Waals surface area (Å²) in [5, 5.41) is 15.8. The lowest BCUT2D eigenvalue weighted by atomic mass is 10.1. The van der Waals surface area contributed by atoms with E-state index in [1.807, 2.05) is 6.92 Å². The van der Waals surface area contributed by atoms with Crippen molar-refractivity contribution in [1.29, 1.82) is 0 Å². The molecule has 4 atom stereocenters. The lowest BCUT2D eigenvalue weighted by Crippen LogP contribution is -2.34. The molecule has 1 fully saturated rings. The maximum Gasteiger partial charge on any atom is 0.278 e. The number of hydrogen-bond donors (Lipinski definition) is 0. The molecule has 11 heteroatoms. The third-order valence-electron chi connectivity index (χ3n) is 4.14. The Balaban J connectivity index is 2.18. The van der Waals surface area contributed by atoms with Gasteiger partial charge in [0.15, 0.2) is 6.29 Å². The predicted molar refractivity (Wildman–Crippen MR) is 99.9 cm³/mol. The smallest absolute Gasteiger partial charge is 0.278 e. The zero-order valence-corrected chi connectivity index (χ0v) is 16.6. The predicted octanol–water partition coefficient (Wildman–Crippen LogP) is 3.71. The number of benzene rings is 1. The Bertz CT molecular complexity index is 699. The van der Waals surface area contributed by atoms with Crippen LogP contribution in [0.25, 0.3) is 10.4 Å². The first-order chi connectivity index (χ1) is 13.0. The molecular formula is C16H21BrN4O6. The molecular weight excluding hydrogens is 424 g/mol. The molecule has 1 aliphatic rings. The van der Waals surface area contributed by atoms with Crippen LogP contribution in [0, 0.1) is 10.1 Å². The van der Waals surface area contributed by atoms with Crippen LogP contribution in [0.5, 0.6) is 5.75 Å². The average Bonchev–Trinajstić information content (AvgIpc) is 3.01. The van der Waals surface area contributed by atoms with Gasteiger partial charge in [-0.2, -0.15) is 0 Å². The molecule has 2 rings (SSSR count). The summed E-state index contributed by atoms with van der Waals surface area (Å²) in [4.78, 5) is 13.8. The van der Waals surface area contributed by atoms with E-state index in [4.69, 9.17) is 24.5 Å². The minimum absolute atomic E-state index is 0.0587. The van der Waals surface area contributed by atoms with E-state index in [9.17, 15) is 10.1 Å². The third-order valence-corrected chi connectivity index (χ3v) is 4.47. The SMILES string of the molecule is CC[C@H]1O[C@@H](OC)[C@H](OCc2ccc(OCCBr)cc2[N+](=O)[O-])[C@@H]1N=[N+]=[N-]. The number of nitro groups is 1. The molecule has 1 saturated heterocycles. The number of methoxy groups -OCH3 is 1. The molecule has 0 radical (unpaired) electrons. The van der Waals surface area contributed by atoms with Crippen molar-refractivity contribution >= 4 is 21.6 Å². The monoisotopic (exact) mass is 444 g/mol. The highest BCUT2D eigenvalue weighted by atomic mass is 79.9. The second-order valence-electron chi connectivity index (χ2n) is 5.74. The molecule has 0 aliphatic carbocycles. The van der Waals surface area contributed by atoms with Crippen LogP contribution in [0.4, 0.5) is 5.69 Å². The summed E-state index contributed by atoms with van der Waals surface area (Å²) in [7, 11) is 1.46. The summed E-state index contributed by atoms with van der Waals surface area (Å²) in [6, 6.07) is 4.01. The van der Waals surface area contributed by atoms with Crippen LogP contribution in [0.15, 0.2) is 23.3 Å². The average molecular weight is 445 g/mol. The zero-order chi connectivity index (χ0) is 19.8. The van der Waals surface area contributed by atoms with Crippen molar-refractivity contribution in [2.24, 2.45) is 5.11 Å². The second-order valence-corrected chi connectivity index (χ2v) is 6.54. The number of ether oxygens (including phenoxy) is 4. The number of hydrogen-bond acceptors (Lipinski definition) is 7. The van der Waals surface area contributed by atoms with Gasteiger partial charge in [0, 0.05) is 17.4 Å². The summed E-state index contributed by atoms with van der Waals surface area (Å²) in [6.07, 6.45) is -1.11. The molecule has 0 bridgehead atoms. The number of alkyl halides is 1. The third kappa shape index (κ3) is 5.30. The van der Waals surface area contributed by atoms with E-state index in [-0.39, 0.29) is 18.4 Å². The van der Waals surface area contributed by atoms with Gasteiger partial charge in [-0.1, -0.05) is 28.0 Å². The van der Waals surface area contributed by atoms with Gasteiger partial charge in [0.25, 0.3) is 5.69 Å². The fourth-order valence-corrected chi connectivity index (χ4v) is 3.04. The van der Waals surface area contributed by atoms with Crippen LogP contribution in [0.2, 0.25) is 0 Å². The standard InChI is InChI=1S/C16H21BrN4O6/c1-3-13-14(19-20-18)15(16(24-2)27-13)26-9-10-4-5-11(25-7-6-17)8-12(10)21(22)23/h4-5,8,13-16H,3,6-7,9H2,1-2H3/t13-,14-,15-,16-/m1/s1. The van der Waals surface area contributed by atoms with Gasteiger partial charge in [-0.05, 0) is 24.1 Å². The molecule has 0 unspecified atom stereocenters. The van der Waals surface area contributed by atoms with E-state index in [1.165, 1.54) is 13.2 Å². The minimum Gasteiger partial charge on any atom is -0.492 e. The largest absolute Gasteiger partial charge is 0.492 e. The second kappa shape index (κ2) is 10.4. The van der Waals surface area contributed by atoms with Crippen LogP contribution < -0.4 is 4.74 Å². The molecule has 27 heavy (non-hydrogen) atoms. The first-order valence-electron chi connectivity index (χ1n) is 8.35. The molecule has 0 amide bonds. The molecule has 0 N–H and O–H groups in total. The maximum absolute atomic E-state index is 11.4. The quantitative estimate of drug-likeness (QED) is 0.135. The van der Waals surface area contributed by atoms with Crippen molar-refractivity contribution < 1.29 is 23.9 Å². The first-order valence-corrected chi connectivity index (χ1v) is 9.48. The number of rotatable bonds is 10. The van der Waals surface area contributed by atoms with Gasteiger partial charge in [0.2, 0.25) is 0 Å². The summed E-state index contributed by atoms with van der Waals surface area (Å²) in [5.41, 5.74) is 9.09. The molecule has 1 heterocycles. The van der Waals surface area contributed by atoms with E-state index in [0.717, 1.165) is 0 Å². The Morgan fingerprint density at radius 1 is 1.48 bits per heavy atom. The fraction of sp³-hybridized carbons (Fsp3) is 0.625. The molecule has 1 aliphatic heterocycles. The lowest BCUT2D eigenvalue weighted by molar-refractivity contribution is -0.386. The Kier molecular flexibility index (Phi) is 8.26. The van der Waals surface area contributed by atoms with Crippen LogP contribution in [0.1, 0.15) is 18.9 Å². The van der Waals surface area contributed by atoms with Crippen LogP contribution in [-0.2, 0) is 20.8 Å². The number of nitro benzene ring substituents is 1.